The summed E-state index contributed by atoms with van der Waals surface area (Å²) >= 11 is 1.18. The number of hydrogen-bond donors (Lipinski definition) is 0. The van der Waals surface area contributed by atoms with Crippen molar-refractivity contribution in [3.8, 4) is 0 Å². The van der Waals surface area contributed by atoms with Crippen molar-refractivity contribution in [1.29, 1.82) is 0 Å². The van der Waals surface area contributed by atoms with Gasteiger partial charge < -0.3 is 15.0 Å². The quantitative estimate of drug-likeness (QED) is 0.575. The van der Waals surface area contributed by atoms with Crippen LogP contribution in [0.3, 0.4) is 0 Å². The summed E-state index contributed by atoms with van der Waals surface area (Å²) in [6.07, 6.45) is 2.99. The van der Waals surface area contributed by atoms with Crippen molar-refractivity contribution in [3.05, 3.63) is 15.0 Å². The maximum Gasteiger partial charge on any atom is 0.425 e. The number of aryl methyl sites for hydroxylation is 1. The molecule has 0 atom stereocenters. The number of nitro groups is 1. The van der Waals surface area contributed by atoms with E-state index in [2.05, 4.69) is 11.9 Å². The van der Waals surface area contributed by atoms with E-state index in [1.165, 1.54) is 11.3 Å². The minimum Gasteiger partial charge on any atom is -0.357 e. The molecule has 84 valence electrons. The van der Waals surface area contributed by atoms with Gasteiger partial charge >= 0.3 is 5.13 Å². The molecule has 0 spiro atoms. The summed E-state index contributed by atoms with van der Waals surface area (Å²) < 4.78 is 0. The highest BCUT2D eigenvalue weighted by atomic mass is 32.1. The average Bonchev–Trinajstić information content (AvgIpc) is 2.58. The number of aromatic nitrogens is 1. The Kier molecular flexibility index (Phi) is 4.02. The first-order chi connectivity index (χ1) is 7.06. The van der Waals surface area contributed by atoms with Gasteiger partial charge in [0.25, 0.3) is 5.82 Å². The third-order valence-corrected chi connectivity index (χ3v) is 3.06. The minimum atomic E-state index is -0.423. The molecule has 0 bridgehead atoms. The van der Waals surface area contributed by atoms with Crippen molar-refractivity contribution in [2.24, 2.45) is 0 Å². The van der Waals surface area contributed by atoms with E-state index in [1.54, 1.807) is 0 Å². The largest absolute Gasteiger partial charge is 0.425 e. The van der Waals surface area contributed by atoms with Crippen molar-refractivity contribution < 1.29 is 4.92 Å². The fraction of sp³-hybridized carbons (Fsp3) is 0.667. The first kappa shape index (κ1) is 11.9. The SMILES string of the molecule is CCCCc1sc([N+](=O)[O-])nc1N(C)C. The third-order valence-electron chi connectivity index (χ3n) is 2.00. The van der Waals surface area contributed by atoms with E-state index in [1.807, 2.05) is 19.0 Å². The molecule has 1 aromatic rings. The molecule has 0 N–H and O–H groups in total. The molecule has 0 radical (unpaired) electrons. The number of thiazole rings is 1. The number of rotatable bonds is 5. The van der Waals surface area contributed by atoms with Crippen LogP contribution in [0.2, 0.25) is 0 Å². The Labute approximate surface area is 92.9 Å². The first-order valence-corrected chi connectivity index (χ1v) is 5.69. The zero-order chi connectivity index (χ0) is 11.4. The van der Waals surface area contributed by atoms with Crippen LogP contribution >= 0.6 is 11.3 Å². The fourth-order valence-corrected chi connectivity index (χ4v) is 2.25. The van der Waals surface area contributed by atoms with Crippen LogP contribution in [0.15, 0.2) is 0 Å². The van der Waals surface area contributed by atoms with Crippen molar-refractivity contribution in [2.45, 2.75) is 26.2 Å². The number of nitrogens with zero attached hydrogens (tertiary/aromatic N) is 3. The zero-order valence-electron chi connectivity index (χ0n) is 9.19. The van der Waals surface area contributed by atoms with Gasteiger partial charge in [0, 0.05) is 14.1 Å². The van der Waals surface area contributed by atoms with Crippen LogP contribution in [-0.2, 0) is 6.42 Å². The Morgan fingerprint density at radius 3 is 2.67 bits per heavy atom. The molecule has 5 nitrogen and oxygen atoms in total. The van der Waals surface area contributed by atoms with Crippen LogP contribution in [0.5, 0.6) is 0 Å². The monoisotopic (exact) mass is 229 g/mol. The highest BCUT2D eigenvalue weighted by Gasteiger charge is 2.22. The molecule has 0 amide bonds. The summed E-state index contributed by atoms with van der Waals surface area (Å²) in [4.78, 5) is 17.0. The predicted molar refractivity (Wildman–Crippen MR) is 61.7 cm³/mol. The Morgan fingerprint density at radius 2 is 2.20 bits per heavy atom. The average molecular weight is 229 g/mol. The van der Waals surface area contributed by atoms with Gasteiger partial charge in [0.2, 0.25) is 0 Å². The molecule has 0 aliphatic heterocycles. The van der Waals surface area contributed by atoms with Gasteiger partial charge in [0.15, 0.2) is 0 Å². The Bertz CT molecular complexity index is 349. The lowest BCUT2D eigenvalue weighted by atomic mass is 10.2. The molecule has 6 heteroatoms. The molecule has 1 heterocycles. The van der Waals surface area contributed by atoms with Gasteiger partial charge in [-0.05, 0) is 34.1 Å². The zero-order valence-corrected chi connectivity index (χ0v) is 10.0. The maximum atomic E-state index is 10.6. The highest BCUT2D eigenvalue weighted by molar-refractivity contribution is 7.15. The van der Waals surface area contributed by atoms with E-state index >= 15 is 0 Å². The Balaban J connectivity index is 2.95. The Morgan fingerprint density at radius 1 is 1.53 bits per heavy atom. The van der Waals surface area contributed by atoms with Gasteiger partial charge in [-0.2, -0.15) is 0 Å². The van der Waals surface area contributed by atoms with E-state index in [9.17, 15) is 10.1 Å². The van der Waals surface area contributed by atoms with Crippen LogP contribution in [0.25, 0.3) is 0 Å². The summed E-state index contributed by atoms with van der Waals surface area (Å²) in [5.74, 6) is 0.736. The standard InChI is InChI=1S/C9H15N3O2S/c1-4-5-6-7-8(11(2)3)10-9(15-7)12(13)14/h4-6H2,1-3H3. The minimum absolute atomic E-state index is 0.00944. The molecule has 0 fully saturated rings. The molecule has 15 heavy (non-hydrogen) atoms. The van der Waals surface area contributed by atoms with Gasteiger partial charge in [-0.3, -0.25) is 0 Å². The van der Waals surface area contributed by atoms with Crippen LogP contribution in [0.1, 0.15) is 24.6 Å². The van der Waals surface area contributed by atoms with Crippen LogP contribution in [0.4, 0.5) is 10.9 Å². The van der Waals surface area contributed by atoms with E-state index in [0.29, 0.717) is 0 Å². The summed E-state index contributed by atoms with van der Waals surface area (Å²) in [7, 11) is 3.71. The molecule has 0 saturated heterocycles. The number of anilines is 1. The molecular formula is C9H15N3O2S. The molecule has 0 unspecified atom stereocenters. The van der Waals surface area contributed by atoms with Crippen molar-refractivity contribution in [2.75, 3.05) is 19.0 Å². The van der Waals surface area contributed by atoms with E-state index in [0.717, 1.165) is 30.0 Å². The van der Waals surface area contributed by atoms with Gasteiger partial charge in [0.05, 0.1) is 4.88 Å². The van der Waals surface area contributed by atoms with Crippen molar-refractivity contribution in [1.82, 2.24) is 4.98 Å². The second kappa shape index (κ2) is 5.06. The first-order valence-electron chi connectivity index (χ1n) is 4.87. The van der Waals surface area contributed by atoms with Crippen molar-refractivity contribution >= 4 is 22.3 Å². The topological polar surface area (TPSA) is 59.3 Å². The molecule has 0 saturated carbocycles. The lowest BCUT2D eigenvalue weighted by molar-refractivity contribution is -0.384. The summed E-state index contributed by atoms with van der Waals surface area (Å²) in [5.41, 5.74) is 0. The summed E-state index contributed by atoms with van der Waals surface area (Å²) in [6, 6.07) is 0. The molecule has 1 rings (SSSR count). The molecule has 1 aromatic heterocycles. The molecule has 0 aromatic carbocycles. The number of hydrogen-bond acceptors (Lipinski definition) is 5. The van der Waals surface area contributed by atoms with E-state index in [4.69, 9.17) is 0 Å². The smallest absolute Gasteiger partial charge is 0.357 e. The van der Waals surface area contributed by atoms with E-state index < -0.39 is 4.92 Å². The molecule has 0 aliphatic carbocycles. The molecular weight excluding hydrogens is 214 g/mol. The third kappa shape index (κ3) is 2.89. The normalized spacial score (nSPS) is 10.3. The predicted octanol–water partition coefficient (Wildman–Crippen LogP) is 2.46. The van der Waals surface area contributed by atoms with Gasteiger partial charge in [0.1, 0.15) is 0 Å². The van der Waals surface area contributed by atoms with Crippen LogP contribution in [-0.4, -0.2) is 24.0 Å². The second-order valence-electron chi connectivity index (χ2n) is 3.50. The van der Waals surface area contributed by atoms with E-state index in [-0.39, 0.29) is 5.13 Å². The van der Waals surface area contributed by atoms with Gasteiger partial charge in [-0.15, -0.1) is 0 Å². The molecule has 0 aliphatic rings. The summed E-state index contributed by atoms with van der Waals surface area (Å²) in [6.45, 7) is 2.10. The van der Waals surface area contributed by atoms with Crippen LogP contribution in [0, 0.1) is 10.1 Å². The highest BCUT2D eigenvalue weighted by Crippen LogP contribution is 2.31. The van der Waals surface area contributed by atoms with Gasteiger partial charge in [-0.25, -0.2) is 0 Å². The fourth-order valence-electron chi connectivity index (χ4n) is 1.26. The number of unbranched alkanes of at least 4 members (excludes halogenated alkanes) is 1. The lowest BCUT2D eigenvalue weighted by Crippen LogP contribution is -2.11. The van der Waals surface area contributed by atoms with Crippen molar-refractivity contribution in [3.63, 3.8) is 0 Å². The second-order valence-corrected chi connectivity index (χ2v) is 4.56. The van der Waals surface area contributed by atoms with Crippen LogP contribution < -0.4 is 4.90 Å². The Hall–Kier alpha value is -1.17. The lowest BCUT2D eigenvalue weighted by Gasteiger charge is -2.05. The summed E-state index contributed by atoms with van der Waals surface area (Å²) in [5, 5.41) is 10.6. The maximum absolute atomic E-state index is 10.6. The van der Waals surface area contributed by atoms with Gasteiger partial charge in [-0.1, -0.05) is 13.3 Å².